The van der Waals surface area contributed by atoms with Crippen molar-refractivity contribution in [3.8, 4) is 5.75 Å². The first-order valence-electron chi connectivity index (χ1n) is 14.0. The van der Waals surface area contributed by atoms with E-state index in [1.54, 1.807) is 12.1 Å². The lowest BCUT2D eigenvalue weighted by Crippen LogP contribution is -2.73. The fourth-order valence-corrected chi connectivity index (χ4v) is 5.55. The van der Waals surface area contributed by atoms with Crippen molar-refractivity contribution in [3.05, 3.63) is 58.7 Å². The van der Waals surface area contributed by atoms with Gasteiger partial charge in [-0.1, -0.05) is 70.4 Å². The van der Waals surface area contributed by atoms with Gasteiger partial charge in [0.1, 0.15) is 11.2 Å². The second-order valence-corrected chi connectivity index (χ2v) is 10.6. The molecule has 0 saturated carbocycles. The van der Waals surface area contributed by atoms with Crippen LogP contribution in [-0.4, -0.2) is 48.2 Å². The Bertz CT molecular complexity index is 1190. The van der Waals surface area contributed by atoms with E-state index in [9.17, 15) is 19.5 Å². The number of aryl methyl sites for hydroxylation is 1. The maximum absolute atomic E-state index is 13.6. The van der Waals surface area contributed by atoms with Crippen molar-refractivity contribution >= 4 is 23.6 Å². The molecule has 39 heavy (non-hydrogen) atoms. The number of nitrogens with one attached hydrogen (secondary N) is 1. The number of hydrogen-bond donors (Lipinski definition) is 2. The number of carbonyl (C=O) groups is 3. The first kappa shape index (κ1) is 30.0. The third kappa shape index (κ3) is 5.75. The number of rotatable bonds is 12. The molecule has 8 heteroatoms. The van der Waals surface area contributed by atoms with E-state index in [2.05, 4.69) is 12.2 Å². The molecule has 0 radical (unpaired) electrons. The highest BCUT2D eigenvalue weighted by Crippen LogP contribution is 2.48. The highest BCUT2D eigenvalue weighted by Gasteiger charge is 2.63. The maximum Gasteiger partial charge on any atom is 0.336 e. The van der Waals surface area contributed by atoms with E-state index in [0.29, 0.717) is 36.3 Å². The van der Waals surface area contributed by atoms with Crippen molar-refractivity contribution in [3.63, 3.8) is 0 Å². The Balaban J connectivity index is 2.00. The summed E-state index contributed by atoms with van der Waals surface area (Å²) in [6, 6.07) is 10.5. The monoisotopic (exact) mass is 537 g/mol. The number of anilines is 1. The second-order valence-electron chi connectivity index (χ2n) is 10.6. The van der Waals surface area contributed by atoms with Gasteiger partial charge in [-0.15, -0.1) is 0 Å². The zero-order valence-electron chi connectivity index (χ0n) is 24.3. The lowest BCUT2D eigenvalue weighted by Gasteiger charge is -2.53. The predicted octanol–water partition coefficient (Wildman–Crippen LogP) is 6.32. The molecule has 1 saturated heterocycles. The van der Waals surface area contributed by atoms with Gasteiger partial charge in [-0.05, 0) is 55.9 Å². The third-order valence-electron chi connectivity index (χ3n) is 7.85. The van der Waals surface area contributed by atoms with E-state index in [1.165, 1.54) is 4.90 Å². The Morgan fingerprint density at radius 3 is 2.21 bits per heavy atom. The Kier molecular flexibility index (Phi) is 9.64. The zero-order valence-corrected chi connectivity index (χ0v) is 24.3. The van der Waals surface area contributed by atoms with Crippen molar-refractivity contribution in [2.45, 2.75) is 85.4 Å². The minimum absolute atomic E-state index is 0.227. The van der Waals surface area contributed by atoms with Gasteiger partial charge in [-0.3, -0.25) is 4.79 Å². The van der Waals surface area contributed by atoms with Crippen molar-refractivity contribution < 1.29 is 24.2 Å². The summed E-state index contributed by atoms with van der Waals surface area (Å²) < 4.78 is 6.54. The van der Waals surface area contributed by atoms with Crippen LogP contribution in [0.5, 0.6) is 5.75 Å². The topological polar surface area (TPSA) is 99.2 Å². The van der Waals surface area contributed by atoms with E-state index in [1.807, 2.05) is 71.0 Å². The van der Waals surface area contributed by atoms with Crippen molar-refractivity contribution in [2.75, 3.05) is 19.0 Å². The van der Waals surface area contributed by atoms with Crippen LogP contribution in [0.4, 0.5) is 10.5 Å². The summed E-state index contributed by atoms with van der Waals surface area (Å²) >= 11 is 0. The number of carboxylic acid groups (broad SMARTS) is 1. The van der Waals surface area contributed by atoms with E-state index in [-0.39, 0.29) is 17.5 Å². The Morgan fingerprint density at radius 2 is 1.69 bits per heavy atom. The number of ether oxygens (including phenoxy) is 1. The van der Waals surface area contributed by atoms with Crippen LogP contribution in [0.1, 0.15) is 92.9 Å². The largest absolute Gasteiger partial charge is 0.478 e. The van der Waals surface area contributed by atoms with Crippen LogP contribution in [0, 0.1) is 12.3 Å². The molecule has 0 aliphatic carbocycles. The summed E-state index contributed by atoms with van der Waals surface area (Å²) in [5.41, 5.74) is 2.83. The van der Waals surface area contributed by atoms with Gasteiger partial charge in [0.25, 0.3) is 0 Å². The molecule has 1 aliphatic rings. The van der Waals surface area contributed by atoms with Gasteiger partial charge in [0, 0.05) is 14.1 Å². The maximum atomic E-state index is 13.6. The number of urea groups is 1. The second kappa shape index (κ2) is 12.5. The Hall–Kier alpha value is -3.55. The van der Waals surface area contributed by atoms with Gasteiger partial charge < -0.3 is 20.1 Å². The fourth-order valence-electron chi connectivity index (χ4n) is 5.55. The van der Waals surface area contributed by atoms with E-state index < -0.39 is 23.6 Å². The predicted molar refractivity (Wildman–Crippen MR) is 153 cm³/mol. The summed E-state index contributed by atoms with van der Waals surface area (Å²) in [7, 11) is 3.68. The van der Waals surface area contributed by atoms with Gasteiger partial charge in [0.15, 0.2) is 6.23 Å². The van der Waals surface area contributed by atoms with Gasteiger partial charge in [0.2, 0.25) is 5.91 Å². The standard InChI is InChI=1S/C31H43N3O5/c1-8-12-22-23(27(35)36)18-19-25(26(22)33(6)7)39-29-31(10-3,11-4)28(37)34(29)30(38)32-24(13-9-2)21-16-14-20(5)15-17-21/h14-19,24,29H,8-13H2,1-7H3,(H,32,38)(H,35,36)/t24-,29+/m1/s1. The van der Waals surface area contributed by atoms with Crippen molar-refractivity contribution in [2.24, 2.45) is 5.41 Å². The van der Waals surface area contributed by atoms with Gasteiger partial charge in [-0.25, -0.2) is 14.5 Å². The van der Waals surface area contributed by atoms with E-state index in [4.69, 9.17) is 4.74 Å². The van der Waals surface area contributed by atoms with Crippen LogP contribution in [0.3, 0.4) is 0 Å². The van der Waals surface area contributed by atoms with E-state index >= 15 is 0 Å². The number of hydrogen-bond acceptors (Lipinski definition) is 5. The minimum atomic E-state index is -0.998. The van der Waals surface area contributed by atoms with Gasteiger partial charge >= 0.3 is 12.0 Å². The highest BCUT2D eigenvalue weighted by molar-refractivity contribution is 6.03. The zero-order chi connectivity index (χ0) is 28.9. The third-order valence-corrected chi connectivity index (χ3v) is 7.85. The molecule has 3 amide bonds. The summed E-state index contributed by atoms with van der Waals surface area (Å²) in [5, 5.41) is 12.9. The number of aromatic carboxylic acids is 1. The van der Waals surface area contributed by atoms with Crippen LogP contribution in [0.15, 0.2) is 36.4 Å². The molecule has 8 nitrogen and oxygen atoms in total. The molecule has 0 unspecified atom stereocenters. The number of imide groups is 1. The first-order chi connectivity index (χ1) is 18.6. The molecule has 0 aromatic heterocycles. The normalized spacial score (nSPS) is 16.8. The number of nitrogens with zero attached hydrogens (tertiary/aromatic N) is 2. The van der Waals surface area contributed by atoms with Crippen molar-refractivity contribution in [1.82, 2.24) is 10.2 Å². The molecule has 3 rings (SSSR count). The average molecular weight is 538 g/mol. The van der Waals surface area contributed by atoms with Gasteiger partial charge in [-0.2, -0.15) is 0 Å². The average Bonchev–Trinajstić information content (AvgIpc) is 2.89. The summed E-state index contributed by atoms with van der Waals surface area (Å²) in [4.78, 5) is 42.2. The number of β-lactam (4-membered cyclic amide) rings is 1. The van der Waals surface area contributed by atoms with Crippen LogP contribution in [0.2, 0.25) is 0 Å². The number of carboxylic acids is 1. The molecule has 212 valence electrons. The number of carbonyl (C=O) groups excluding carboxylic acids is 2. The Labute approximate surface area is 232 Å². The molecule has 2 aromatic carbocycles. The summed E-state index contributed by atoms with van der Waals surface area (Å²) in [6.07, 6.45) is 3.12. The lowest BCUT2D eigenvalue weighted by atomic mass is 9.72. The molecule has 2 aromatic rings. The molecule has 1 fully saturated rings. The molecule has 1 heterocycles. The number of benzene rings is 2. The lowest BCUT2D eigenvalue weighted by molar-refractivity contribution is -0.190. The summed E-state index contributed by atoms with van der Waals surface area (Å²) in [6.45, 7) is 9.94. The molecule has 0 spiro atoms. The van der Waals surface area contributed by atoms with Crippen LogP contribution in [-0.2, 0) is 11.2 Å². The smallest absolute Gasteiger partial charge is 0.336 e. The van der Waals surface area contributed by atoms with Crippen molar-refractivity contribution in [1.29, 1.82) is 0 Å². The fraction of sp³-hybridized carbons (Fsp3) is 0.516. The SMILES string of the molecule is CCCc1c(C(=O)O)ccc(O[C@@H]2N(C(=O)N[C@H](CCC)c3ccc(C)cc3)C(=O)C2(CC)CC)c1N(C)C. The van der Waals surface area contributed by atoms with Crippen LogP contribution < -0.4 is 15.0 Å². The minimum Gasteiger partial charge on any atom is -0.478 e. The van der Waals surface area contributed by atoms with Gasteiger partial charge in [0.05, 0.1) is 17.3 Å². The number of amides is 3. The molecule has 1 aliphatic heterocycles. The molecular weight excluding hydrogens is 494 g/mol. The Morgan fingerprint density at radius 1 is 1.05 bits per heavy atom. The quantitative estimate of drug-likeness (QED) is 0.308. The molecule has 0 bridgehead atoms. The first-order valence-corrected chi connectivity index (χ1v) is 14.0. The molecular formula is C31H43N3O5. The van der Waals surface area contributed by atoms with E-state index in [0.717, 1.165) is 30.4 Å². The number of likely N-dealkylation sites (tertiary alicyclic amines) is 1. The molecule has 2 N–H and O–H groups in total. The summed E-state index contributed by atoms with van der Waals surface area (Å²) in [5.74, 6) is -0.794. The highest BCUT2D eigenvalue weighted by atomic mass is 16.5. The van der Waals surface area contributed by atoms with Crippen LogP contribution in [0.25, 0.3) is 0 Å². The molecule has 2 atom stereocenters. The van der Waals surface area contributed by atoms with Crippen LogP contribution >= 0.6 is 0 Å².